The molecule has 0 amide bonds. The van der Waals surface area contributed by atoms with Gasteiger partial charge in [-0.2, -0.15) is 10.1 Å². The van der Waals surface area contributed by atoms with Gasteiger partial charge in [0.15, 0.2) is 5.82 Å². The first-order valence-corrected chi connectivity index (χ1v) is 10.3. The molecule has 3 atom stereocenters. The predicted molar refractivity (Wildman–Crippen MR) is 119 cm³/mol. The lowest BCUT2D eigenvalue weighted by molar-refractivity contribution is 0.172. The van der Waals surface area contributed by atoms with Crippen molar-refractivity contribution in [2.45, 2.75) is 52.0 Å². The highest BCUT2D eigenvalue weighted by Gasteiger charge is 2.30. The molecular weight excluding hydrogens is 378 g/mol. The van der Waals surface area contributed by atoms with Crippen molar-refractivity contribution in [3.63, 3.8) is 0 Å². The van der Waals surface area contributed by atoms with Gasteiger partial charge in [-0.1, -0.05) is 30.3 Å². The highest BCUT2D eigenvalue weighted by Crippen LogP contribution is 2.33. The number of hydrogen-bond donors (Lipinski definition) is 3. The Hall–Kier alpha value is -3.13. The number of aromatic nitrogens is 4. The van der Waals surface area contributed by atoms with Crippen molar-refractivity contribution in [3.05, 3.63) is 59.5 Å². The summed E-state index contributed by atoms with van der Waals surface area (Å²) in [5.74, 6) is 1.35. The molecule has 0 fully saturated rings. The summed E-state index contributed by atoms with van der Waals surface area (Å²) in [7, 11) is 1.93. The van der Waals surface area contributed by atoms with Gasteiger partial charge < -0.3 is 20.6 Å². The van der Waals surface area contributed by atoms with E-state index < -0.39 is 6.23 Å². The monoisotopic (exact) mass is 407 g/mol. The maximum absolute atomic E-state index is 10.1. The second-order valence-corrected chi connectivity index (χ2v) is 7.99. The van der Waals surface area contributed by atoms with Crippen molar-refractivity contribution in [1.29, 1.82) is 0 Å². The lowest BCUT2D eigenvalue weighted by Gasteiger charge is -2.37. The van der Waals surface area contributed by atoms with Gasteiger partial charge in [0.05, 0.1) is 24.0 Å². The first-order chi connectivity index (χ1) is 14.4. The number of aryl methyl sites for hydroxylation is 1. The van der Waals surface area contributed by atoms with Gasteiger partial charge in [-0.05, 0) is 32.8 Å². The van der Waals surface area contributed by atoms with Crippen LogP contribution in [-0.4, -0.2) is 44.2 Å². The van der Waals surface area contributed by atoms with Crippen LogP contribution in [0.2, 0.25) is 0 Å². The SMILES string of the molecule is Cc1nc(NCc2cnn(C(C)Cc3ccccc3)c2)nc2c1NC(O)[C@H](C)N2C. The average molecular weight is 408 g/mol. The molecule has 3 aromatic rings. The van der Waals surface area contributed by atoms with Crippen LogP contribution in [0.3, 0.4) is 0 Å². The molecule has 158 valence electrons. The van der Waals surface area contributed by atoms with E-state index in [1.807, 2.05) is 42.7 Å². The van der Waals surface area contributed by atoms with Gasteiger partial charge in [0.2, 0.25) is 5.95 Å². The third-order valence-electron chi connectivity index (χ3n) is 5.70. The van der Waals surface area contributed by atoms with Crippen molar-refractivity contribution in [1.82, 2.24) is 19.7 Å². The number of anilines is 3. The number of aliphatic hydroxyl groups is 1. The second kappa shape index (κ2) is 8.31. The Morgan fingerprint density at radius 2 is 1.97 bits per heavy atom. The van der Waals surface area contributed by atoms with E-state index in [2.05, 4.69) is 63.1 Å². The second-order valence-electron chi connectivity index (χ2n) is 7.99. The maximum atomic E-state index is 10.1. The van der Waals surface area contributed by atoms with Gasteiger partial charge in [0.25, 0.3) is 0 Å². The number of benzene rings is 1. The largest absolute Gasteiger partial charge is 0.372 e. The summed E-state index contributed by atoms with van der Waals surface area (Å²) in [5, 5.41) is 21.1. The summed E-state index contributed by atoms with van der Waals surface area (Å²) < 4.78 is 2.00. The molecule has 1 aliphatic rings. The number of likely N-dealkylation sites (N-methyl/N-ethyl adjacent to an activating group) is 1. The number of nitrogens with zero attached hydrogens (tertiary/aromatic N) is 5. The minimum atomic E-state index is -0.646. The summed E-state index contributed by atoms with van der Waals surface area (Å²) in [6, 6.07) is 10.6. The maximum Gasteiger partial charge on any atom is 0.225 e. The molecular formula is C22H29N7O. The highest BCUT2D eigenvalue weighted by molar-refractivity contribution is 5.72. The molecule has 30 heavy (non-hydrogen) atoms. The van der Waals surface area contributed by atoms with Crippen molar-refractivity contribution >= 4 is 17.5 Å². The lowest BCUT2D eigenvalue weighted by Crippen LogP contribution is -2.48. The van der Waals surface area contributed by atoms with E-state index >= 15 is 0 Å². The molecule has 0 bridgehead atoms. The summed E-state index contributed by atoms with van der Waals surface area (Å²) in [6.07, 6.45) is 4.24. The van der Waals surface area contributed by atoms with Gasteiger partial charge in [-0.25, -0.2) is 4.98 Å². The minimum absolute atomic E-state index is 0.0796. The van der Waals surface area contributed by atoms with Gasteiger partial charge in [-0.15, -0.1) is 0 Å². The predicted octanol–water partition coefficient (Wildman–Crippen LogP) is 2.97. The van der Waals surface area contributed by atoms with Gasteiger partial charge in [0, 0.05) is 25.4 Å². The van der Waals surface area contributed by atoms with E-state index in [0.717, 1.165) is 29.2 Å². The first-order valence-electron chi connectivity index (χ1n) is 10.3. The Morgan fingerprint density at radius 1 is 1.20 bits per heavy atom. The van der Waals surface area contributed by atoms with Gasteiger partial charge >= 0.3 is 0 Å². The Labute approximate surface area is 177 Å². The van der Waals surface area contributed by atoms with Crippen molar-refractivity contribution in [3.8, 4) is 0 Å². The zero-order valence-electron chi connectivity index (χ0n) is 17.9. The fourth-order valence-electron chi connectivity index (χ4n) is 3.67. The van der Waals surface area contributed by atoms with Gasteiger partial charge in [0.1, 0.15) is 11.9 Å². The van der Waals surface area contributed by atoms with Crippen molar-refractivity contribution < 1.29 is 5.11 Å². The van der Waals surface area contributed by atoms with Crippen LogP contribution in [-0.2, 0) is 13.0 Å². The van der Waals surface area contributed by atoms with Crippen LogP contribution in [0.4, 0.5) is 17.5 Å². The number of aliphatic hydroxyl groups excluding tert-OH is 1. The fourth-order valence-corrected chi connectivity index (χ4v) is 3.67. The van der Waals surface area contributed by atoms with Gasteiger partial charge in [-0.3, -0.25) is 4.68 Å². The molecule has 0 spiro atoms. The third-order valence-corrected chi connectivity index (χ3v) is 5.70. The van der Waals surface area contributed by atoms with E-state index in [1.54, 1.807) is 0 Å². The zero-order chi connectivity index (χ0) is 21.3. The molecule has 0 aliphatic carbocycles. The average Bonchev–Trinajstić information content (AvgIpc) is 3.21. The third kappa shape index (κ3) is 4.09. The van der Waals surface area contributed by atoms with Crippen LogP contribution in [0.1, 0.15) is 36.7 Å². The normalized spacial score (nSPS) is 19.2. The quantitative estimate of drug-likeness (QED) is 0.579. The molecule has 2 aromatic heterocycles. The Morgan fingerprint density at radius 3 is 2.73 bits per heavy atom. The minimum Gasteiger partial charge on any atom is -0.372 e. The molecule has 4 rings (SSSR count). The number of fused-ring (bicyclic) bond motifs is 1. The lowest BCUT2D eigenvalue weighted by atomic mass is 10.1. The first kappa shape index (κ1) is 20.2. The van der Waals surface area contributed by atoms with Crippen LogP contribution in [0.5, 0.6) is 0 Å². The molecule has 2 unspecified atom stereocenters. The van der Waals surface area contributed by atoms with Crippen LogP contribution < -0.4 is 15.5 Å². The number of rotatable bonds is 6. The summed E-state index contributed by atoms with van der Waals surface area (Å²) >= 11 is 0. The number of hydrogen-bond acceptors (Lipinski definition) is 7. The molecule has 0 saturated heterocycles. The zero-order valence-corrected chi connectivity index (χ0v) is 17.9. The molecule has 1 aromatic carbocycles. The molecule has 8 nitrogen and oxygen atoms in total. The number of nitrogens with one attached hydrogen (secondary N) is 2. The highest BCUT2D eigenvalue weighted by atomic mass is 16.3. The van der Waals surface area contributed by atoms with Crippen LogP contribution >= 0.6 is 0 Å². The van der Waals surface area contributed by atoms with E-state index in [0.29, 0.717) is 12.5 Å². The van der Waals surface area contributed by atoms with Crippen molar-refractivity contribution in [2.24, 2.45) is 0 Å². The van der Waals surface area contributed by atoms with E-state index in [-0.39, 0.29) is 12.1 Å². The van der Waals surface area contributed by atoms with Crippen molar-refractivity contribution in [2.75, 3.05) is 22.6 Å². The van der Waals surface area contributed by atoms with Crippen LogP contribution in [0.15, 0.2) is 42.7 Å². The van der Waals surface area contributed by atoms with E-state index in [9.17, 15) is 5.11 Å². The Balaban J connectivity index is 1.43. The standard InChI is InChI=1S/C22H29N7O/c1-14(10-17-8-6-5-7-9-17)29-13-18(12-24-29)11-23-22-25-15(2)19-20(27-22)28(4)16(3)21(30)26-19/h5-9,12-14,16,21,26,30H,10-11H2,1-4H3,(H,23,25,27)/t14?,16-,21?/m0/s1. The Kier molecular flexibility index (Phi) is 5.59. The summed E-state index contributed by atoms with van der Waals surface area (Å²) in [5.41, 5.74) is 3.95. The molecule has 1 aliphatic heterocycles. The summed E-state index contributed by atoms with van der Waals surface area (Å²) in [4.78, 5) is 11.2. The van der Waals surface area contributed by atoms with Crippen LogP contribution in [0.25, 0.3) is 0 Å². The fraction of sp³-hybridized carbons (Fsp3) is 0.409. The Bertz CT molecular complexity index is 1000. The van der Waals surface area contributed by atoms with E-state index in [1.165, 1.54) is 5.56 Å². The molecule has 3 heterocycles. The summed E-state index contributed by atoms with van der Waals surface area (Å²) in [6.45, 7) is 6.63. The van der Waals surface area contributed by atoms with E-state index in [4.69, 9.17) is 0 Å². The molecule has 0 saturated carbocycles. The van der Waals surface area contributed by atoms with Crippen LogP contribution in [0, 0.1) is 6.92 Å². The molecule has 8 heteroatoms. The molecule has 3 N–H and O–H groups in total. The topological polar surface area (TPSA) is 91.1 Å². The smallest absolute Gasteiger partial charge is 0.225 e. The molecule has 0 radical (unpaired) electrons.